The van der Waals surface area contributed by atoms with Gasteiger partial charge in [0.2, 0.25) is 29.4 Å². The molecule has 0 unspecified atom stereocenters. The Balaban J connectivity index is 2.16. The van der Waals surface area contributed by atoms with Crippen LogP contribution in [-0.4, -0.2) is 77.8 Å². The van der Waals surface area contributed by atoms with E-state index in [1.165, 1.54) is 37.4 Å². The van der Waals surface area contributed by atoms with Gasteiger partial charge in [-0.25, -0.2) is 0 Å². The number of ether oxygens (including phenoxy) is 2. The summed E-state index contributed by atoms with van der Waals surface area (Å²) in [5, 5.41) is 42.4. The van der Waals surface area contributed by atoms with Crippen molar-refractivity contribution in [3.8, 4) is 23.0 Å². The maximum Gasteiger partial charge on any atom is 0.246 e. The molecule has 2 aromatic carbocycles. The quantitative estimate of drug-likeness (QED) is 0.191. The highest BCUT2D eigenvalue weighted by Gasteiger charge is 2.36. The Bertz CT molecular complexity index is 1390. The third-order valence-corrected chi connectivity index (χ3v) is 7.28. The number of likely N-dealkylation sites (N-methyl/N-ethyl adjacent to an activating group) is 1. The van der Waals surface area contributed by atoms with Gasteiger partial charge in [-0.05, 0) is 54.8 Å². The number of aromatic hydroxyl groups is 1. The van der Waals surface area contributed by atoms with Crippen molar-refractivity contribution in [2.45, 2.75) is 57.0 Å². The second-order valence-electron chi connectivity index (χ2n) is 10.7. The van der Waals surface area contributed by atoms with E-state index in [2.05, 4.69) is 21.3 Å². The van der Waals surface area contributed by atoms with Crippen molar-refractivity contribution in [3.63, 3.8) is 0 Å². The maximum atomic E-state index is 13.6. The Labute approximate surface area is 259 Å². The smallest absolute Gasteiger partial charge is 0.246 e. The molecule has 14 nitrogen and oxygen atoms in total. The molecule has 0 radical (unpaired) electrons. The molecule has 0 saturated carbocycles. The molecular formula is C29H38ClN5O9. The Morgan fingerprint density at radius 2 is 1.77 bits per heavy atom. The average molecular weight is 636 g/mol. The van der Waals surface area contributed by atoms with Crippen LogP contribution in [0, 0.1) is 5.92 Å². The van der Waals surface area contributed by atoms with E-state index in [0.29, 0.717) is 6.42 Å². The number of phenols is 1. The fraction of sp³-hybridized carbons (Fsp3) is 0.448. The Morgan fingerprint density at radius 3 is 2.34 bits per heavy atom. The minimum Gasteiger partial charge on any atom is -0.504 e. The van der Waals surface area contributed by atoms with Crippen molar-refractivity contribution in [3.05, 3.63) is 46.5 Å². The van der Waals surface area contributed by atoms with E-state index in [9.17, 15) is 34.5 Å². The average Bonchev–Trinajstić information content (AvgIpc) is 2.96. The van der Waals surface area contributed by atoms with Gasteiger partial charge in [0.25, 0.3) is 0 Å². The molecule has 0 saturated heterocycles. The molecule has 4 bridgehead atoms. The molecular weight excluding hydrogens is 598 g/mol. The summed E-state index contributed by atoms with van der Waals surface area (Å²) in [6.07, 6.45) is -1.92. The van der Waals surface area contributed by atoms with Crippen molar-refractivity contribution >= 4 is 35.2 Å². The standard InChI is InChI=1S/C29H38ClN5O9/c1-13(2)7-17(32-3)27(40)35-24-25(39)14-5-6-21(16(30)8-14)44-22-10-15(9-20(37)26(22)43-4)19(12-36)34-28(41)18(11-23(31)38)33-29(24)42/h5-6,8-10,13,17-19,24-25,32,36-37,39H,7,11-12H2,1-4H3,(H2,31,38)(H,33,42)(H,34,41)(H,35,40)/t17-,18+,19-,24-,25-/m1/s1. The summed E-state index contributed by atoms with van der Waals surface area (Å²) in [6.45, 7) is 3.16. The molecule has 0 fully saturated rings. The van der Waals surface area contributed by atoms with Crippen LogP contribution in [0.4, 0.5) is 0 Å². The first kappa shape index (κ1) is 34.4. The second-order valence-corrected chi connectivity index (χ2v) is 11.1. The van der Waals surface area contributed by atoms with E-state index in [4.69, 9.17) is 26.8 Å². The van der Waals surface area contributed by atoms with Gasteiger partial charge in [-0.15, -0.1) is 0 Å². The van der Waals surface area contributed by atoms with Gasteiger partial charge in [0.1, 0.15) is 23.9 Å². The molecule has 2 aliphatic heterocycles. The van der Waals surface area contributed by atoms with Crippen LogP contribution in [-0.2, 0) is 19.2 Å². The van der Waals surface area contributed by atoms with Crippen LogP contribution >= 0.6 is 11.6 Å². The first-order valence-corrected chi connectivity index (χ1v) is 14.2. The zero-order valence-corrected chi connectivity index (χ0v) is 25.5. The molecule has 4 amide bonds. The second kappa shape index (κ2) is 15.1. The largest absolute Gasteiger partial charge is 0.504 e. The lowest BCUT2D eigenvalue weighted by atomic mass is 9.98. The number of carbonyl (C=O) groups is 4. The number of nitrogens with two attached hydrogens (primary N) is 1. The van der Waals surface area contributed by atoms with Gasteiger partial charge in [-0.1, -0.05) is 31.5 Å². The molecule has 5 atom stereocenters. The zero-order valence-electron chi connectivity index (χ0n) is 24.7. The molecule has 2 aromatic rings. The van der Waals surface area contributed by atoms with Crippen molar-refractivity contribution in [1.82, 2.24) is 21.3 Å². The molecule has 4 rings (SSSR count). The van der Waals surface area contributed by atoms with Crippen molar-refractivity contribution in [2.24, 2.45) is 11.7 Å². The maximum absolute atomic E-state index is 13.6. The van der Waals surface area contributed by atoms with Crippen LogP contribution in [0.1, 0.15) is 50.0 Å². The van der Waals surface area contributed by atoms with Gasteiger partial charge in [-0.2, -0.15) is 0 Å². The molecule has 2 heterocycles. The van der Waals surface area contributed by atoms with Gasteiger partial charge < -0.3 is 51.8 Å². The number of amides is 4. The Hall–Kier alpha value is -4.11. The highest BCUT2D eigenvalue weighted by Crippen LogP contribution is 2.43. The lowest BCUT2D eigenvalue weighted by molar-refractivity contribution is -0.136. The number of carbonyl (C=O) groups excluding carboxylic acids is 4. The number of hydrogen-bond acceptors (Lipinski definition) is 10. The summed E-state index contributed by atoms with van der Waals surface area (Å²) < 4.78 is 11.2. The number of benzene rings is 2. The molecule has 9 N–H and O–H groups in total. The summed E-state index contributed by atoms with van der Waals surface area (Å²) in [5.41, 5.74) is 5.66. The Morgan fingerprint density at radius 1 is 1.09 bits per heavy atom. The molecule has 240 valence electrons. The molecule has 0 aliphatic carbocycles. The van der Waals surface area contributed by atoms with E-state index < -0.39 is 66.9 Å². The number of nitrogens with one attached hydrogen (secondary N) is 4. The normalized spacial score (nSPS) is 21.2. The van der Waals surface area contributed by atoms with Gasteiger partial charge in [-0.3, -0.25) is 19.2 Å². The Kier molecular flexibility index (Phi) is 11.8. The zero-order chi connectivity index (χ0) is 32.7. The van der Waals surface area contributed by atoms with Crippen LogP contribution < -0.4 is 36.5 Å². The minimum atomic E-state index is -1.68. The predicted molar refractivity (Wildman–Crippen MR) is 159 cm³/mol. The fourth-order valence-electron chi connectivity index (χ4n) is 4.73. The molecule has 0 aromatic heterocycles. The first-order valence-electron chi connectivity index (χ1n) is 13.8. The third kappa shape index (κ3) is 8.29. The summed E-state index contributed by atoms with van der Waals surface area (Å²) in [4.78, 5) is 52.1. The highest BCUT2D eigenvalue weighted by molar-refractivity contribution is 6.32. The van der Waals surface area contributed by atoms with E-state index in [1.807, 2.05) is 13.8 Å². The van der Waals surface area contributed by atoms with Crippen LogP contribution in [0.2, 0.25) is 5.02 Å². The van der Waals surface area contributed by atoms with Gasteiger partial charge in [0.15, 0.2) is 11.5 Å². The van der Waals surface area contributed by atoms with Gasteiger partial charge in [0.05, 0.1) is 37.2 Å². The number of rotatable bonds is 9. The van der Waals surface area contributed by atoms with Gasteiger partial charge >= 0.3 is 0 Å². The number of aliphatic hydroxyl groups excluding tert-OH is 2. The molecule has 44 heavy (non-hydrogen) atoms. The monoisotopic (exact) mass is 635 g/mol. The van der Waals surface area contributed by atoms with E-state index in [1.54, 1.807) is 7.05 Å². The van der Waals surface area contributed by atoms with Crippen molar-refractivity contribution in [1.29, 1.82) is 0 Å². The highest BCUT2D eigenvalue weighted by atomic mass is 35.5. The number of methoxy groups -OCH3 is 1. The topological polar surface area (TPSA) is 222 Å². The van der Waals surface area contributed by atoms with E-state index in [-0.39, 0.29) is 45.1 Å². The summed E-state index contributed by atoms with van der Waals surface area (Å²) in [6, 6.07) is 1.67. The lowest BCUT2D eigenvalue weighted by Gasteiger charge is -2.29. The molecule has 15 heteroatoms. The number of halogens is 1. The van der Waals surface area contributed by atoms with Gasteiger partial charge in [0, 0.05) is 0 Å². The molecule has 2 aliphatic rings. The number of fused-ring (bicyclic) bond motifs is 9. The van der Waals surface area contributed by atoms with E-state index >= 15 is 0 Å². The van der Waals surface area contributed by atoms with Crippen LogP contribution in [0.15, 0.2) is 30.3 Å². The SMILES string of the molecule is CN[C@H](CC(C)C)C(=O)N[C@H]1C(=O)N[C@@H](CC(N)=O)C(=O)N[C@H](CO)c2cc(O)c(OC)c(c2)Oc2ccc(cc2Cl)[C@H]1O. The number of primary amides is 1. The number of phenolic OH excluding ortho intramolecular Hbond substituents is 1. The predicted octanol–water partition coefficient (Wildman–Crippen LogP) is 0.522. The fourth-order valence-corrected chi connectivity index (χ4v) is 4.96. The third-order valence-electron chi connectivity index (χ3n) is 6.99. The summed E-state index contributed by atoms with van der Waals surface area (Å²) in [7, 11) is 2.88. The van der Waals surface area contributed by atoms with E-state index in [0.717, 1.165) is 0 Å². The molecule has 0 spiro atoms. The lowest BCUT2D eigenvalue weighted by Crippen LogP contribution is -2.58. The van der Waals surface area contributed by atoms with Crippen LogP contribution in [0.5, 0.6) is 23.0 Å². The number of hydrogen-bond donors (Lipinski definition) is 8. The van der Waals surface area contributed by atoms with Crippen molar-refractivity contribution in [2.75, 3.05) is 20.8 Å². The first-order chi connectivity index (χ1) is 20.8. The minimum absolute atomic E-state index is 0.00222. The number of aliphatic hydroxyl groups is 2. The van der Waals surface area contributed by atoms with Crippen molar-refractivity contribution < 1.29 is 44.0 Å². The van der Waals surface area contributed by atoms with Crippen LogP contribution in [0.25, 0.3) is 0 Å². The summed E-state index contributed by atoms with van der Waals surface area (Å²) >= 11 is 6.49. The summed E-state index contributed by atoms with van der Waals surface area (Å²) in [5.74, 6) is -3.73. The van der Waals surface area contributed by atoms with Crippen LogP contribution in [0.3, 0.4) is 0 Å².